The number of anilines is 2. The second-order valence-corrected chi connectivity index (χ2v) is 4.89. The Labute approximate surface area is 115 Å². The van der Waals surface area contributed by atoms with Crippen LogP contribution in [0.25, 0.3) is 0 Å². The smallest absolute Gasteiger partial charge is 0.253 e. The first-order valence-electron chi connectivity index (χ1n) is 5.83. The molecule has 0 saturated carbocycles. The molecule has 0 aliphatic carbocycles. The highest BCUT2D eigenvalue weighted by Gasteiger charge is 2.11. The number of nitrogens with one attached hydrogen (secondary N) is 1. The molecule has 1 aromatic heterocycles. The molecular weight excluding hydrogens is 262 g/mol. The topological polar surface area (TPSA) is 65.5 Å². The van der Waals surface area contributed by atoms with Crippen molar-refractivity contribution in [2.45, 2.75) is 0 Å². The maximum Gasteiger partial charge on any atom is 0.253 e. The van der Waals surface area contributed by atoms with Crippen LogP contribution in [-0.4, -0.2) is 41.1 Å². The fourth-order valence-electron chi connectivity index (χ4n) is 1.61. The summed E-state index contributed by atoms with van der Waals surface area (Å²) in [7, 11) is 1.67. The van der Waals surface area contributed by atoms with Crippen molar-refractivity contribution >= 4 is 28.1 Å². The lowest BCUT2D eigenvalue weighted by molar-refractivity contribution is 0.0767. The summed E-state index contributed by atoms with van der Waals surface area (Å²) in [6, 6.07) is 7.22. The zero-order valence-electron chi connectivity index (χ0n) is 10.5. The molecular formula is C13H15N3O2S. The third-order valence-electron chi connectivity index (χ3n) is 2.58. The molecule has 1 heterocycles. The number of benzene rings is 1. The highest BCUT2D eigenvalue weighted by Crippen LogP contribution is 2.19. The standard InChI is InChI=1S/C13H15N3O2S/c1-16(6-7-17)12(18)10-3-2-4-11(9-10)15-13-14-5-8-19-13/h2-5,8-9,17H,6-7H2,1H3,(H,14,15). The Hall–Kier alpha value is -1.92. The van der Waals surface area contributed by atoms with Gasteiger partial charge < -0.3 is 15.3 Å². The van der Waals surface area contributed by atoms with Gasteiger partial charge in [-0.05, 0) is 18.2 Å². The van der Waals surface area contributed by atoms with Gasteiger partial charge in [-0.15, -0.1) is 11.3 Å². The number of hydrogen-bond donors (Lipinski definition) is 2. The van der Waals surface area contributed by atoms with Gasteiger partial charge in [-0.2, -0.15) is 0 Å². The average Bonchev–Trinajstić information content (AvgIpc) is 2.91. The first kappa shape index (κ1) is 13.5. The molecule has 100 valence electrons. The number of carbonyl (C=O) groups is 1. The lowest BCUT2D eigenvalue weighted by atomic mass is 10.2. The SMILES string of the molecule is CN(CCO)C(=O)c1cccc(Nc2nccs2)c1. The first-order chi connectivity index (χ1) is 9.20. The highest BCUT2D eigenvalue weighted by molar-refractivity contribution is 7.13. The van der Waals surface area contributed by atoms with Gasteiger partial charge in [0.2, 0.25) is 0 Å². The number of aromatic nitrogens is 1. The summed E-state index contributed by atoms with van der Waals surface area (Å²) in [4.78, 5) is 17.7. The molecule has 2 aromatic rings. The minimum atomic E-state index is -0.114. The van der Waals surface area contributed by atoms with Crippen molar-refractivity contribution < 1.29 is 9.90 Å². The molecule has 0 bridgehead atoms. The van der Waals surface area contributed by atoms with Crippen LogP contribution < -0.4 is 5.32 Å². The van der Waals surface area contributed by atoms with E-state index in [1.54, 1.807) is 25.4 Å². The third kappa shape index (κ3) is 3.52. The van der Waals surface area contributed by atoms with Gasteiger partial charge in [-0.1, -0.05) is 6.07 Å². The quantitative estimate of drug-likeness (QED) is 0.876. The van der Waals surface area contributed by atoms with Gasteiger partial charge in [-0.3, -0.25) is 4.79 Å². The van der Waals surface area contributed by atoms with E-state index in [9.17, 15) is 4.79 Å². The van der Waals surface area contributed by atoms with Crippen LogP contribution in [0.15, 0.2) is 35.8 Å². The summed E-state index contributed by atoms with van der Waals surface area (Å²) in [5.74, 6) is -0.114. The predicted octanol–water partition coefficient (Wildman–Crippen LogP) is 1.95. The molecule has 2 rings (SSSR count). The Balaban J connectivity index is 2.12. The van der Waals surface area contributed by atoms with Crippen LogP contribution in [0.3, 0.4) is 0 Å². The molecule has 0 aliphatic heterocycles. The lowest BCUT2D eigenvalue weighted by Gasteiger charge is -2.16. The number of hydrogen-bond acceptors (Lipinski definition) is 5. The highest BCUT2D eigenvalue weighted by atomic mass is 32.1. The largest absolute Gasteiger partial charge is 0.395 e. The maximum atomic E-state index is 12.1. The molecule has 0 spiro atoms. The second kappa shape index (κ2) is 6.31. The van der Waals surface area contributed by atoms with E-state index in [1.165, 1.54) is 16.2 Å². The minimum Gasteiger partial charge on any atom is -0.395 e. The van der Waals surface area contributed by atoms with Crippen LogP contribution in [-0.2, 0) is 0 Å². The van der Waals surface area contributed by atoms with Crippen LogP contribution in [0.2, 0.25) is 0 Å². The summed E-state index contributed by atoms with van der Waals surface area (Å²) in [5, 5.41) is 14.6. The summed E-state index contributed by atoms with van der Waals surface area (Å²) in [5.41, 5.74) is 1.40. The van der Waals surface area contributed by atoms with Crippen LogP contribution in [0, 0.1) is 0 Å². The number of amides is 1. The van der Waals surface area contributed by atoms with Gasteiger partial charge in [0.05, 0.1) is 6.61 Å². The fraction of sp³-hybridized carbons (Fsp3) is 0.231. The molecule has 0 atom stereocenters. The molecule has 1 amide bonds. The van der Waals surface area contributed by atoms with Gasteiger partial charge in [0.25, 0.3) is 5.91 Å². The molecule has 0 saturated heterocycles. The summed E-state index contributed by atoms with van der Waals surface area (Å²) < 4.78 is 0. The number of rotatable bonds is 5. The van der Waals surface area contributed by atoms with Crippen LogP contribution in [0.4, 0.5) is 10.8 Å². The Bertz CT molecular complexity index is 543. The zero-order chi connectivity index (χ0) is 13.7. The van der Waals surface area contributed by atoms with E-state index in [1.807, 2.05) is 17.5 Å². The van der Waals surface area contributed by atoms with E-state index in [0.717, 1.165) is 10.8 Å². The number of nitrogens with zero attached hydrogens (tertiary/aromatic N) is 2. The van der Waals surface area contributed by atoms with Crippen molar-refractivity contribution in [3.8, 4) is 0 Å². The Kier molecular flexibility index (Phi) is 4.48. The van der Waals surface area contributed by atoms with Gasteiger partial charge in [-0.25, -0.2) is 4.98 Å². The van der Waals surface area contributed by atoms with E-state index in [0.29, 0.717) is 12.1 Å². The number of carbonyl (C=O) groups excluding carboxylic acids is 1. The molecule has 1 aromatic carbocycles. The molecule has 0 radical (unpaired) electrons. The fourth-order valence-corrected chi connectivity index (χ4v) is 2.16. The molecule has 5 nitrogen and oxygen atoms in total. The lowest BCUT2D eigenvalue weighted by Crippen LogP contribution is -2.29. The van der Waals surface area contributed by atoms with Crippen LogP contribution in [0.5, 0.6) is 0 Å². The Morgan fingerprint density at radius 2 is 2.37 bits per heavy atom. The van der Waals surface area contributed by atoms with Crippen LogP contribution in [0.1, 0.15) is 10.4 Å². The normalized spacial score (nSPS) is 10.2. The van der Waals surface area contributed by atoms with E-state index in [2.05, 4.69) is 10.3 Å². The van der Waals surface area contributed by atoms with Crippen molar-refractivity contribution in [3.05, 3.63) is 41.4 Å². The van der Waals surface area contributed by atoms with Gasteiger partial charge >= 0.3 is 0 Å². The summed E-state index contributed by atoms with van der Waals surface area (Å²) in [6.45, 7) is 0.280. The van der Waals surface area contributed by atoms with Crippen molar-refractivity contribution in [2.24, 2.45) is 0 Å². The molecule has 19 heavy (non-hydrogen) atoms. The van der Waals surface area contributed by atoms with Crippen molar-refractivity contribution in [1.82, 2.24) is 9.88 Å². The molecule has 2 N–H and O–H groups in total. The van der Waals surface area contributed by atoms with Gasteiger partial charge in [0.15, 0.2) is 5.13 Å². The van der Waals surface area contributed by atoms with E-state index in [-0.39, 0.29) is 12.5 Å². The van der Waals surface area contributed by atoms with E-state index < -0.39 is 0 Å². The zero-order valence-corrected chi connectivity index (χ0v) is 11.4. The second-order valence-electron chi connectivity index (χ2n) is 3.99. The summed E-state index contributed by atoms with van der Waals surface area (Å²) >= 11 is 1.50. The van der Waals surface area contributed by atoms with E-state index in [4.69, 9.17) is 5.11 Å². The van der Waals surface area contributed by atoms with Gasteiger partial charge in [0.1, 0.15) is 0 Å². The number of thiazole rings is 1. The molecule has 6 heteroatoms. The Morgan fingerprint density at radius 3 is 3.05 bits per heavy atom. The first-order valence-corrected chi connectivity index (χ1v) is 6.71. The molecule has 0 fully saturated rings. The predicted molar refractivity (Wildman–Crippen MR) is 75.9 cm³/mol. The monoisotopic (exact) mass is 277 g/mol. The molecule has 0 unspecified atom stereocenters. The van der Waals surface area contributed by atoms with Crippen molar-refractivity contribution in [1.29, 1.82) is 0 Å². The Morgan fingerprint density at radius 1 is 1.53 bits per heavy atom. The molecule has 0 aliphatic rings. The third-order valence-corrected chi connectivity index (χ3v) is 3.26. The van der Waals surface area contributed by atoms with Crippen LogP contribution >= 0.6 is 11.3 Å². The summed E-state index contributed by atoms with van der Waals surface area (Å²) in [6.07, 6.45) is 1.72. The minimum absolute atomic E-state index is 0.0424. The average molecular weight is 277 g/mol. The number of aliphatic hydroxyl groups excluding tert-OH is 1. The van der Waals surface area contributed by atoms with Crippen molar-refractivity contribution in [2.75, 3.05) is 25.5 Å². The number of likely N-dealkylation sites (N-methyl/N-ethyl adjacent to an activating group) is 1. The maximum absolute atomic E-state index is 12.1. The van der Waals surface area contributed by atoms with Gasteiger partial charge in [0, 0.05) is 36.4 Å². The van der Waals surface area contributed by atoms with E-state index >= 15 is 0 Å². The number of aliphatic hydroxyl groups is 1. The van der Waals surface area contributed by atoms with Crippen molar-refractivity contribution in [3.63, 3.8) is 0 Å².